The predicted octanol–water partition coefficient (Wildman–Crippen LogP) is 1.95. The lowest BCUT2D eigenvalue weighted by molar-refractivity contribution is 0.0690. The van der Waals surface area contributed by atoms with Crippen molar-refractivity contribution < 1.29 is 14.3 Å². The van der Waals surface area contributed by atoms with Crippen molar-refractivity contribution in [3.8, 4) is 11.5 Å². The molecule has 1 saturated heterocycles. The molecular formula is C17H23N3O3S. The summed E-state index contributed by atoms with van der Waals surface area (Å²) < 4.78 is 10.6. The van der Waals surface area contributed by atoms with Crippen LogP contribution in [0.2, 0.25) is 0 Å². The summed E-state index contributed by atoms with van der Waals surface area (Å²) in [5.41, 5.74) is 0.548. The van der Waals surface area contributed by atoms with Crippen LogP contribution in [-0.2, 0) is 0 Å². The van der Waals surface area contributed by atoms with Crippen LogP contribution in [0.5, 0.6) is 11.5 Å². The average molecular weight is 349 g/mol. The van der Waals surface area contributed by atoms with Crippen molar-refractivity contribution in [3.05, 3.63) is 23.8 Å². The van der Waals surface area contributed by atoms with E-state index in [2.05, 4.69) is 16.8 Å². The number of thioether (sulfide) groups is 1. The Balaban J connectivity index is 1.67. The summed E-state index contributed by atoms with van der Waals surface area (Å²) in [5.74, 6) is 1.22. The summed E-state index contributed by atoms with van der Waals surface area (Å²) in [7, 11) is 3.17. The number of rotatable bonds is 3. The van der Waals surface area contributed by atoms with Crippen LogP contribution in [0, 0.1) is 0 Å². The summed E-state index contributed by atoms with van der Waals surface area (Å²) >= 11 is 1.82. The highest BCUT2D eigenvalue weighted by molar-refractivity contribution is 8.14. The SMILES string of the molecule is COc1ccc(OC)c(C(=O)N2CCN(C3=NCC(C)S3)CC2)c1. The highest BCUT2D eigenvalue weighted by Crippen LogP contribution is 2.27. The Morgan fingerprint density at radius 1 is 1.21 bits per heavy atom. The van der Waals surface area contributed by atoms with Gasteiger partial charge in [0, 0.05) is 31.4 Å². The van der Waals surface area contributed by atoms with E-state index in [1.54, 1.807) is 32.4 Å². The molecule has 6 nitrogen and oxygen atoms in total. The number of hydrogen-bond acceptors (Lipinski definition) is 6. The molecule has 0 bridgehead atoms. The van der Waals surface area contributed by atoms with Crippen molar-refractivity contribution in [2.75, 3.05) is 46.9 Å². The molecule has 1 unspecified atom stereocenters. The molecule has 0 spiro atoms. The van der Waals surface area contributed by atoms with Gasteiger partial charge in [-0.25, -0.2) is 0 Å². The molecule has 1 atom stereocenters. The number of aliphatic imine (C=N–C) groups is 1. The molecule has 1 amide bonds. The largest absolute Gasteiger partial charge is 0.497 e. The van der Waals surface area contributed by atoms with Gasteiger partial charge in [0.25, 0.3) is 5.91 Å². The fourth-order valence-corrected chi connectivity index (χ4v) is 3.88. The number of ether oxygens (including phenoxy) is 2. The lowest BCUT2D eigenvalue weighted by Gasteiger charge is -2.35. The quantitative estimate of drug-likeness (QED) is 0.835. The Morgan fingerprint density at radius 2 is 1.96 bits per heavy atom. The van der Waals surface area contributed by atoms with Gasteiger partial charge in [0.2, 0.25) is 0 Å². The second kappa shape index (κ2) is 7.34. The lowest BCUT2D eigenvalue weighted by Crippen LogP contribution is -2.49. The molecule has 1 fully saturated rings. The zero-order chi connectivity index (χ0) is 17.1. The van der Waals surface area contributed by atoms with E-state index in [0.29, 0.717) is 35.4 Å². The molecule has 2 heterocycles. The van der Waals surface area contributed by atoms with Gasteiger partial charge in [-0.15, -0.1) is 0 Å². The number of carbonyl (C=O) groups is 1. The summed E-state index contributed by atoms with van der Waals surface area (Å²) in [6.45, 7) is 6.09. The van der Waals surface area contributed by atoms with Crippen molar-refractivity contribution in [2.45, 2.75) is 12.2 Å². The van der Waals surface area contributed by atoms with Crippen LogP contribution in [-0.4, -0.2) is 73.1 Å². The maximum Gasteiger partial charge on any atom is 0.257 e. The number of methoxy groups -OCH3 is 2. The zero-order valence-corrected chi connectivity index (χ0v) is 15.1. The fraction of sp³-hybridized carbons (Fsp3) is 0.529. The molecule has 0 N–H and O–H groups in total. The van der Waals surface area contributed by atoms with Crippen LogP contribution in [0.1, 0.15) is 17.3 Å². The van der Waals surface area contributed by atoms with Crippen LogP contribution < -0.4 is 9.47 Å². The first-order chi connectivity index (χ1) is 11.6. The number of benzene rings is 1. The Hall–Kier alpha value is -1.89. The van der Waals surface area contributed by atoms with E-state index in [4.69, 9.17) is 9.47 Å². The third-order valence-corrected chi connectivity index (χ3v) is 5.41. The molecule has 0 radical (unpaired) electrons. The second-order valence-corrected chi connectivity index (χ2v) is 7.30. The van der Waals surface area contributed by atoms with Gasteiger partial charge >= 0.3 is 0 Å². The number of amidine groups is 1. The zero-order valence-electron chi connectivity index (χ0n) is 14.3. The van der Waals surface area contributed by atoms with E-state index in [1.807, 2.05) is 16.7 Å². The van der Waals surface area contributed by atoms with Crippen LogP contribution in [0.4, 0.5) is 0 Å². The normalized spacial score (nSPS) is 20.8. The number of nitrogens with zero attached hydrogens (tertiary/aromatic N) is 3. The third-order valence-electron chi connectivity index (χ3n) is 4.26. The topological polar surface area (TPSA) is 54.4 Å². The molecule has 130 valence electrons. The molecule has 0 aliphatic carbocycles. The van der Waals surface area contributed by atoms with E-state index in [0.717, 1.165) is 24.8 Å². The van der Waals surface area contributed by atoms with Gasteiger partial charge in [0.05, 0.1) is 26.3 Å². The first-order valence-electron chi connectivity index (χ1n) is 8.09. The van der Waals surface area contributed by atoms with Crippen molar-refractivity contribution in [2.24, 2.45) is 4.99 Å². The fourth-order valence-electron chi connectivity index (χ4n) is 2.89. The van der Waals surface area contributed by atoms with Gasteiger partial charge in [-0.05, 0) is 18.2 Å². The molecule has 1 aromatic carbocycles. The minimum Gasteiger partial charge on any atom is -0.497 e. The van der Waals surface area contributed by atoms with Gasteiger partial charge in [-0.1, -0.05) is 18.7 Å². The third kappa shape index (κ3) is 3.45. The van der Waals surface area contributed by atoms with Crippen molar-refractivity contribution in [3.63, 3.8) is 0 Å². The number of carbonyl (C=O) groups excluding carboxylic acids is 1. The monoisotopic (exact) mass is 349 g/mol. The maximum absolute atomic E-state index is 12.9. The highest BCUT2D eigenvalue weighted by Gasteiger charge is 2.28. The van der Waals surface area contributed by atoms with E-state index in [1.165, 1.54) is 0 Å². The van der Waals surface area contributed by atoms with Gasteiger partial charge < -0.3 is 19.3 Å². The molecule has 0 aromatic heterocycles. The van der Waals surface area contributed by atoms with Crippen molar-refractivity contribution in [1.29, 1.82) is 0 Å². The van der Waals surface area contributed by atoms with Crippen LogP contribution in [0.3, 0.4) is 0 Å². The standard InChI is InChI=1S/C17H23N3O3S/c1-12-11-18-17(24-12)20-8-6-19(7-9-20)16(21)14-10-13(22-2)4-5-15(14)23-3/h4-5,10,12H,6-9,11H2,1-3H3. The van der Waals surface area contributed by atoms with E-state index in [9.17, 15) is 4.79 Å². The summed E-state index contributed by atoms with van der Waals surface area (Å²) in [5, 5.41) is 1.68. The van der Waals surface area contributed by atoms with Crippen molar-refractivity contribution in [1.82, 2.24) is 9.80 Å². The Morgan fingerprint density at radius 3 is 2.54 bits per heavy atom. The van der Waals surface area contributed by atoms with Crippen molar-refractivity contribution >= 4 is 22.8 Å². The Bertz CT molecular complexity index is 642. The van der Waals surface area contributed by atoms with E-state index >= 15 is 0 Å². The summed E-state index contributed by atoms with van der Waals surface area (Å²) in [4.78, 5) is 21.6. The molecule has 2 aliphatic rings. The molecule has 7 heteroatoms. The van der Waals surface area contributed by atoms with Gasteiger partial charge in [-0.2, -0.15) is 0 Å². The molecule has 0 saturated carbocycles. The minimum absolute atomic E-state index is 0.0141. The maximum atomic E-state index is 12.9. The minimum atomic E-state index is -0.0141. The van der Waals surface area contributed by atoms with Crippen LogP contribution in [0.15, 0.2) is 23.2 Å². The van der Waals surface area contributed by atoms with Gasteiger partial charge in [0.15, 0.2) is 5.17 Å². The molecule has 24 heavy (non-hydrogen) atoms. The molecule has 3 rings (SSSR count). The number of amides is 1. The molecule has 2 aliphatic heterocycles. The first kappa shape index (κ1) is 17.0. The van der Waals surface area contributed by atoms with E-state index in [-0.39, 0.29) is 5.91 Å². The number of hydrogen-bond donors (Lipinski definition) is 0. The molecule has 1 aromatic rings. The highest BCUT2D eigenvalue weighted by atomic mass is 32.2. The average Bonchev–Trinajstić information content (AvgIpc) is 3.07. The Labute approximate surface area is 146 Å². The molecular weight excluding hydrogens is 326 g/mol. The smallest absolute Gasteiger partial charge is 0.257 e. The lowest BCUT2D eigenvalue weighted by atomic mass is 10.1. The van der Waals surface area contributed by atoms with Gasteiger partial charge in [0.1, 0.15) is 11.5 Å². The summed E-state index contributed by atoms with van der Waals surface area (Å²) in [6.07, 6.45) is 0. The van der Waals surface area contributed by atoms with E-state index < -0.39 is 0 Å². The van der Waals surface area contributed by atoms with Crippen LogP contribution in [0.25, 0.3) is 0 Å². The number of piperazine rings is 1. The summed E-state index contributed by atoms with van der Waals surface area (Å²) in [6, 6.07) is 5.31. The first-order valence-corrected chi connectivity index (χ1v) is 8.97. The second-order valence-electron chi connectivity index (χ2n) is 5.90. The van der Waals surface area contributed by atoms with Crippen LogP contribution >= 0.6 is 11.8 Å². The predicted molar refractivity (Wildman–Crippen MR) is 96.4 cm³/mol. The Kier molecular flexibility index (Phi) is 5.18. The van der Waals surface area contributed by atoms with Gasteiger partial charge in [-0.3, -0.25) is 9.79 Å².